The summed E-state index contributed by atoms with van der Waals surface area (Å²) in [5, 5.41) is 0. The summed E-state index contributed by atoms with van der Waals surface area (Å²) >= 11 is 0. The van der Waals surface area contributed by atoms with Gasteiger partial charge in [0.1, 0.15) is 0 Å². The zero-order valence-corrected chi connectivity index (χ0v) is 10.8. The minimum Gasteiger partial charge on any atom is -0.334 e. The van der Waals surface area contributed by atoms with E-state index in [1.54, 1.807) is 6.08 Å². The van der Waals surface area contributed by atoms with Crippen LogP contribution in [0.3, 0.4) is 0 Å². The van der Waals surface area contributed by atoms with Crippen molar-refractivity contribution < 1.29 is 4.79 Å². The quantitative estimate of drug-likeness (QED) is 0.537. The zero-order chi connectivity index (χ0) is 12.3. The average molecular weight is 234 g/mol. The van der Waals surface area contributed by atoms with Crippen LogP contribution in [-0.4, -0.2) is 47.4 Å². The molecule has 0 saturated carbocycles. The zero-order valence-electron chi connectivity index (χ0n) is 10.8. The Hall–Kier alpha value is -1.09. The molecule has 0 aromatic carbocycles. The van der Waals surface area contributed by atoms with Gasteiger partial charge in [0.15, 0.2) is 0 Å². The number of rotatable bonds is 2. The summed E-state index contributed by atoms with van der Waals surface area (Å²) < 4.78 is 0. The molecule has 0 bridgehead atoms. The van der Waals surface area contributed by atoms with E-state index in [1.165, 1.54) is 19.4 Å². The predicted molar refractivity (Wildman–Crippen MR) is 69.7 cm³/mol. The molecule has 2 saturated heterocycles. The van der Waals surface area contributed by atoms with Gasteiger partial charge >= 0.3 is 0 Å². The first-order chi connectivity index (χ1) is 8.22. The van der Waals surface area contributed by atoms with Crippen LogP contribution in [0.4, 0.5) is 0 Å². The minimum absolute atomic E-state index is 0.155. The molecule has 3 nitrogen and oxygen atoms in total. The molecule has 17 heavy (non-hydrogen) atoms. The molecular formula is C14H22N2O. The highest BCUT2D eigenvalue weighted by Crippen LogP contribution is 2.24. The lowest BCUT2D eigenvalue weighted by Crippen LogP contribution is -2.56. The third kappa shape index (κ3) is 2.78. The number of amides is 1. The summed E-state index contributed by atoms with van der Waals surface area (Å²) in [6, 6.07) is 0.942. The highest BCUT2D eigenvalue weighted by molar-refractivity contribution is 5.88. The first-order valence-electron chi connectivity index (χ1n) is 6.56. The van der Waals surface area contributed by atoms with Crippen molar-refractivity contribution in [1.82, 2.24) is 9.80 Å². The largest absolute Gasteiger partial charge is 0.334 e. The van der Waals surface area contributed by atoms with Crippen molar-refractivity contribution in [2.24, 2.45) is 0 Å². The van der Waals surface area contributed by atoms with Crippen LogP contribution in [0, 0.1) is 0 Å². The molecule has 2 rings (SSSR count). The summed E-state index contributed by atoms with van der Waals surface area (Å²) in [6.07, 6.45) is 9.87. The standard InChI is InChI=1S/C14H22N2O/c1-3-4-5-8-14(17)16-11-13-7-6-9-15(13)10-12(16)2/h3-5,8,12-13H,6-7,9-11H2,1-2H3/b4-3+,8-5-/t12-,13-/m0/s1. The lowest BCUT2D eigenvalue weighted by molar-refractivity contribution is -0.131. The molecule has 2 heterocycles. The Kier molecular flexibility index (Phi) is 4.00. The van der Waals surface area contributed by atoms with Gasteiger partial charge in [0, 0.05) is 31.2 Å². The maximum absolute atomic E-state index is 12.1. The van der Waals surface area contributed by atoms with Gasteiger partial charge in [-0.15, -0.1) is 0 Å². The van der Waals surface area contributed by atoms with Crippen LogP contribution < -0.4 is 0 Å². The van der Waals surface area contributed by atoms with E-state index in [-0.39, 0.29) is 5.91 Å². The van der Waals surface area contributed by atoms with E-state index < -0.39 is 0 Å². The summed E-state index contributed by atoms with van der Waals surface area (Å²) in [4.78, 5) is 16.6. The van der Waals surface area contributed by atoms with Gasteiger partial charge in [-0.05, 0) is 33.2 Å². The van der Waals surface area contributed by atoms with Crippen LogP contribution in [0.2, 0.25) is 0 Å². The monoisotopic (exact) mass is 234 g/mol. The van der Waals surface area contributed by atoms with E-state index in [0.29, 0.717) is 12.1 Å². The Bertz CT molecular complexity index is 335. The first-order valence-corrected chi connectivity index (χ1v) is 6.56. The van der Waals surface area contributed by atoms with Crippen LogP contribution in [-0.2, 0) is 4.79 Å². The smallest absolute Gasteiger partial charge is 0.246 e. The number of hydrogen-bond acceptors (Lipinski definition) is 2. The van der Waals surface area contributed by atoms with Crippen LogP contribution in [0.1, 0.15) is 26.7 Å². The molecule has 3 heteroatoms. The maximum atomic E-state index is 12.1. The fourth-order valence-corrected chi connectivity index (χ4v) is 2.84. The van der Waals surface area contributed by atoms with Crippen molar-refractivity contribution in [1.29, 1.82) is 0 Å². The number of piperazine rings is 1. The van der Waals surface area contributed by atoms with Crippen LogP contribution in [0.15, 0.2) is 24.3 Å². The number of allylic oxidation sites excluding steroid dienone is 3. The number of hydrogen-bond donors (Lipinski definition) is 0. The second-order valence-electron chi connectivity index (χ2n) is 5.02. The topological polar surface area (TPSA) is 23.6 Å². The summed E-state index contributed by atoms with van der Waals surface area (Å²) in [5.41, 5.74) is 0. The number of nitrogens with zero attached hydrogens (tertiary/aromatic N) is 2. The molecule has 2 aliphatic heterocycles. The van der Waals surface area contributed by atoms with E-state index in [9.17, 15) is 4.79 Å². The van der Waals surface area contributed by atoms with Gasteiger partial charge in [-0.2, -0.15) is 0 Å². The third-order valence-electron chi connectivity index (χ3n) is 3.76. The molecule has 94 valence electrons. The summed E-state index contributed by atoms with van der Waals surface area (Å²) in [7, 11) is 0. The molecule has 0 aromatic heterocycles. The van der Waals surface area contributed by atoms with Crippen molar-refractivity contribution in [2.45, 2.75) is 38.8 Å². The van der Waals surface area contributed by atoms with Crippen molar-refractivity contribution in [2.75, 3.05) is 19.6 Å². The Morgan fingerprint density at radius 2 is 2.12 bits per heavy atom. The van der Waals surface area contributed by atoms with Crippen molar-refractivity contribution in [3.8, 4) is 0 Å². The lowest BCUT2D eigenvalue weighted by atomic mass is 10.1. The van der Waals surface area contributed by atoms with Gasteiger partial charge in [-0.1, -0.05) is 18.2 Å². The second kappa shape index (κ2) is 5.50. The van der Waals surface area contributed by atoms with E-state index in [4.69, 9.17) is 0 Å². The third-order valence-corrected chi connectivity index (χ3v) is 3.76. The van der Waals surface area contributed by atoms with Crippen molar-refractivity contribution >= 4 is 5.91 Å². The highest BCUT2D eigenvalue weighted by atomic mass is 16.2. The maximum Gasteiger partial charge on any atom is 0.246 e. The van der Waals surface area contributed by atoms with Crippen molar-refractivity contribution in [3.63, 3.8) is 0 Å². The normalized spacial score (nSPS) is 30.4. The highest BCUT2D eigenvalue weighted by Gasteiger charge is 2.35. The summed E-state index contributed by atoms with van der Waals surface area (Å²) in [6.45, 7) is 7.25. The number of carbonyl (C=O) groups excluding carboxylic acids is 1. The minimum atomic E-state index is 0.155. The second-order valence-corrected chi connectivity index (χ2v) is 5.02. The Morgan fingerprint density at radius 1 is 1.29 bits per heavy atom. The van der Waals surface area contributed by atoms with Gasteiger partial charge < -0.3 is 4.90 Å². The fraction of sp³-hybridized carbons (Fsp3) is 0.643. The fourth-order valence-electron chi connectivity index (χ4n) is 2.84. The van der Waals surface area contributed by atoms with Crippen molar-refractivity contribution in [3.05, 3.63) is 24.3 Å². The van der Waals surface area contributed by atoms with E-state index in [2.05, 4.69) is 11.8 Å². The Labute approximate surface area is 104 Å². The van der Waals surface area contributed by atoms with Gasteiger partial charge in [0.2, 0.25) is 5.91 Å². The molecule has 0 N–H and O–H groups in total. The Morgan fingerprint density at radius 3 is 2.88 bits per heavy atom. The van der Waals surface area contributed by atoms with Gasteiger partial charge in [-0.25, -0.2) is 0 Å². The molecule has 0 aliphatic carbocycles. The molecule has 0 radical (unpaired) electrons. The molecule has 1 amide bonds. The van der Waals surface area contributed by atoms with Crippen LogP contribution >= 0.6 is 0 Å². The van der Waals surface area contributed by atoms with Crippen LogP contribution in [0.5, 0.6) is 0 Å². The molecule has 2 fully saturated rings. The van der Waals surface area contributed by atoms with Gasteiger partial charge in [-0.3, -0.25) is 9.69 Å². The summed E-state index contributed by atoms with van der Waals surface area (Å²) in [5.74, 6) is 0.155. The molecule has 0 unspecified atom stereocenters. The molecule has 0 spiro atoms. The molecular weight excluding hydrogens is 212 g/mol. The molecule has 0 aromatic rings. The average Bonchev–Trinajstić information content (AvgIpc) is 2.75. The van der Waals surface area contributed by atoms with Gasteiger partial charge in [0.05, 0.1) is 0 Å². The SMILES string of the molecule is C/C=C/C=C\C(=O)N1C[C@@H]2CCCN2C[C@@H]1C. The number of carbonyl (C=O) groups is 1. The molecule has 2 aliphatic rings. The van der Waals surface area contributed by atoms with E-state index in [1.807, 2.05) is 30.1 Å². The predicted octanol–water partition coefficient (Wildman–Crippen LogP) is 1.81. The van der Waals surface area contributed by atoms with Crippen LogP contribution in [0.25, 0.3) is 0 Å². The van der Waals surface area contributed by atoms with E-state index in [0.717, 1.165) is 13.1 Å². The molecule has 2 atom stereocenters. The van der Waals surface area contributed by atoms with E-state index >= 15 is 0 Å². The first kappa shape index (κ1) is 12.4. The van der Waals surface area contributed by atoms with Gasteiger partial charge in [0.25, 0.3) is 0 Å². The Balaban J connectivity index is 1.98. The lowest BCUT2D eigenvalue weighted by Gasteiger charge is -2.41. The number of fused-ring (bicyclic) bond motifs is 1.